The van der Waals surface area contributed by atoms with E-state index < -0.39 is 6.43 Å². The van der Waals surface area contributed by atoms with Crippen LogP contribution < -0.4 is 0 Å². The minimum Gasteiger partial charge on any atom is -0.509 e. The van der Waals surface area contributed by atoms with E-state index in [1.165, 1.54) is 6.92 Å². The van der Waals surface area contributed by atoms with Crippen molar-refractivity contribution in [2.24, 2.45) is 0 Å². The Morgan fingerprint density at radius 3 is 1.77 bits per heavy atom. The largest absolute Gasteiger partial charge is 0.509 e. The van der Waals surface area contributed by atoms with Crippen molar-refractivity contribution >= 4 is 0 Å². The fourth-order valence-corrected chi connectivity index (χ4v) is 0.552. The Bertz CT molecular complexity index is 205. The van der Waals surface area contributed by atoms with Gasteiger partial charge in [0.05, 0.1) is 0 Å². The third-order valence-electron chi connectivity index (χ3n) is 1.05. The van der Waals surface area contributed by atoms with Crippen LogP contribution >= 0.6 is 0 Å². The van der Waals surface area contributed by atoms with Crippen molar-refractivity contribution in [3.63, 3.8) is 0 Å². The number of aliphatic hydroxyl groups is 1. The molecular formula is C10H16F2O. The van der Waals surface area contributed by atoms with Gasteiger partial charge in [0.2, 0.25) is 0 Å². The summed E-state index contributed by atoms with van der Waals surface area (Å²) in [4.78, 5) is 0. The van der Waals surface area contributed by atoms with Crippen LogP contribution in [0.25, 0.3) is 0 Å². The van der Waals surface area contributed by atoms with Crippen LogP contribution in [0.2, 0.25) is 0 Å². The average Bonchev–Trinajstić information content (AvgIpc) is 2.03. The monoisotopic (exact) mass is 190 g/mol. The molecule has 0 radical (unpaired) electrons. The molecule has 0 aliphatic rings. The lowest BCUT2D eigenvalue weighted by atomic mass is 10.1. The van der Waals surface area contributed by atoms with Gasteiger partial charge in [-0.25, -0.2) is 8.78 Å². The maximum atomic E-state index is 12.0. The smallest absolute Gasteiger partial charge is 0.264 e. The first-order valence-electron chi connectivity index (χ1n) is 3.98. The van der Waals surface area contributed by atoms with Crippen LogP contribution in [0.3, 0.4) is 0 Å². The van der Waals surface area contributed by atoms with E-state index in [1.807, 2.05) is 13.8 Å². The lowest BCUT2D eigenvalue weighted by Gasteiger charge is -2.03. The molecule has 0 aromatic heterocycles. The van der Waals surface area contributed by atoms with Crippen LogP contribution in [0.5, 0.6) is 0 Å². The molecule has 1 nitrogen and oxygen atoms in total. The second-order valence-corrected chi connectivity index (χ2v) is 2.17. The van der Waals surface area contributed by atoms with Crippen molar-refractivity contribution < 1.29 is 13.9 Å². The molecule has 0 unspecified atom stereocenters. The summed E-state index contributed by atoms with van der Waals surface area (Å²) in [7, 11) is 0. The lowest BCUT2D eigenvalue weighted by molar-refractivity contribution is 0.191. The van der Waals surface area contributed by atoms with E-state index >= 15 is 0 Å². The SMILES string of the molecule is C=C(O)/C=C(\C(=C)C)C(F)F.CC. The second-order valence-electron chi connectivity index (χ2n) is 2.17. The molecule has 0 rings (SSSR count). The molecule has 0 aliphatic heterocycles. The van der Waals surface area contributed by atoms with E-state index in [9.17, 15) is 8.78 Å². The van der Waals surface area contributed by atoms with Crippen molar-refractivity contribution in [3.05, 3.63) is 36.1 Å². The topological polar surface area (TPSA) is 20.2 Å². The molecule has 1 N–H and O–H groups in total. The van der Waals surface area contributed by atoms with Gasteiger partial charge in [-0.1, -0.05) is 27.0 Å². The second kappa shape index (κ2) is 7.53. The van der Waals surface area contributed by atoms with Gasteiger partial charge in [-0.15, -0.1) is 0 Å². The number of hydrogen-bond acceptors (Lipinski definition) is 1. The summed E-state index contributed by atoms with van der Waals surface area (Å²) in [6.45, 7) is 11.8. The number of rotatable bonds is 3. The Morgan fingerprint density at radius 2 is 1.69 bits per heavy atom. The van der Waals surface area contributed by atoms with Crippen molar-refractivity contribution in [1.29, 1.82) is 0 Å². The molecule has 76 valence electrons. The quantitative estimate of drug-likeness (QED) is 0.529. The molecule has 0 bridgehead atoms. The zero-order valence-corrected chi connectivity index (χ0v) is 8.27. The zero-order chi connectivity index (χ0) is 11.0. The Kier molecular flexibility index (Phi) is 8.34. The number of alkyl halides is 2. The highest BCUT2D eigenvalue weighted by Crippen LogP contribution is 2.17. The summed E-state index contributed by atoms with van der Waals surface area (Å²) in [5.74, 6) is -0.386. The van der Waals surface area contributed by atoms with Crippen LogP contribution in [0.4, 0.5) is 8.78 Å². The molecule has 3 heteroatoms. The summed E-state index contributed by atoms with van der Waals surface area (Å²) in [5.41, 5.74) is -0.0484. The van der Waals surface area contributed by atoms with Gasteiger partial charge in [0.1, 0.15) is 5.76 Å². The predicted octanol–water partition coefficient (Wildman–Crippen LogP) is 3.85. The average molecular weight is 190 g/mol. The summed E-state index contributed by atoms with van der Waals surface area (Å²) < 4.78 is 24.1. The number of aliphatic hydroxyl groups excluding tert-OH is 1. The molecule has 13 heavy (non-hydrogen) atoms. The zero-order valence-electron chi connectivity index (χ0n) is 8.27. The van der Waals surface area contributed by atoms with Gasteiger partial charge in [0.15, 0.2) is 0 Å². The first kappa shape index (κ1) is 14.4. The van der Waals surface area contributed by atoms with Crippen LogP contribution in [0.15, 0.2) is 36.1 Å². The molecule has 0 fully saturated rings. The van der Waals surface area contributed by atoms with Gasteiger partial charge in [-0.3, -0.25) is 0 Å². The van der Waals surface area contributed by atoms with Crippen molar-refractivity contribution in [2.45, 2.75) is 27.2 Å². The third-order valence-corrected chi connectivity index (χ3v) is 1.05. The summed E-state index contributed by atoms with van der Waals surface area (Å²) in [5, 5.41) is 8.58. The molecule has 0 aliphatic carbocycles. The minimum absolute atomic E-state index is 0.232. The van der Waals surface area contributed by atoms with E-state index in [2.05, 4.69) is 13.2 Å². The molecule has 0 saturated heterocycles. The maximum absolute atomic E-state index is 12.0. The van der Waals surface area contributed by atoms with Gasteiger partial charge in [-0.2, -0.15) is 0 Å². The Morgan fingerprint density at radius 1 is 1.31 bits per heavy atom. The van der Waals surface area contributed by atoms with E-state index in [-0.39, 0.29) is 16.9 Å². The van der Waals surface area contributed by atoms with E-state index in [0.29, 0.717) is 0 Å². The van der Waals surface area contributed by atoms with Gasteiger partial charge in [0.25, 0.3) is 6.43 Å². The van der Waals surface area contributed by atoms with Crippen molar-refractivity contribution in [1.82, 2.24) is 0 Å². The normalized spacial score (nSPS) is 10.5. The van der Waals surface area contributed by atoms with E-state index in [4.69, 9.17) is 5.11 Å². The molecule has 0 aromatic rings. The van der Waals surface area contributed by atoms with Crippen LogP contribution in [-0.4, -0.2) is 11.5 Å². The highest BCUT2D eigenvalue weighted by Gasteiger charge is 2.11. The van der Waals surface area contributed by atoms with Crippen molar-refractivity contribution in [3.8, 4) is 0 Å². The van der Waals surface area contributed by atoms with Crippen LogP contribution in [0, 0.1) is 0 Å². The molecule has 0 spiro atoms. The third kappa shape index (κ3) is 7.25. The first-order chi connectivity index (χ1) is 5.95. The Balaban J connectivity index is 0. The number of allylic oxidation sites excluding steroid dienone is 3. The van der Waals surface area contributed by atoms with Crippen molar-refractivity contribution in [2.75, 3.05) is 0 Å². The number of hydrogen-bond donors (Lipinski definition) is 1. The molecule has 0 atom stereocenters. The molecule has 0 heterocycles. The van der Waals surface area contributed by atoms with Crippen LogP contribution in [-0.2, 0) is 0 Å². The Hall–Kier alpha value is -1.12. The maximum Gasteiger partial charge on any atom is 0.264 e. The lowest BCUT2D eigenvalue weighted by Crippen LogP contribution is -1.98. The minimum atomic E-state index is -2.61. The standard InChI is InChI=1S/C8H10F2O.C2H6/c1-5(2)7(8(9)10)4-6(3)11;1-2/h4,8,11H,1,3H2,2H3;1-2H3/b7-4+;. The summed E-state index contributed by atoms with van der Waals surface area (Å²) in [6.07, 6.45) is -1.70. The van der Waals surface area contributed by atoms with Gasteiger partial charge >= 0.3 is 0 Å². The predicted molar refractivity (Wildman–Crippen MR) is 52.0 cm³/mol. The highest BCUT2D eigenvalue weighted by atomic mass is 19.3. The molecular weight excluding hydrogens is 174 g/mol. The van der Waals surface area contributed by atoms with Gasteiger partial charge < -0.3 is 5.11 Å². The summed E-state index contributed by atoms with van der Waals surface area (Å²) in [6, 6.07) is 0. The van der Waals surface area contributed by atoms with Gasteiger partial charge in [0, 0.05) is 5.57 Å². The summed E-state index contributed by atoms with van der Waals surface area (Å²) >= 11 is 0. The van der Waals surface area contributed by atoms with Crippen LogP contribution in [0.1, 0.15) is 20.8 Å². The van der Waals surface area contributed by atoms with E-state index in [0.717, 1.165) is 6.08 Å². The Labute approximate surface area is 78.1 Å². The highest BCUT2D eigenvalue weighted by molar-refractivity contribution is 5.32. The first-order valence-corrected chi connectivity index (χ1v) is 3.98. The molecule has 0 amide bonds. The molecule has 0 saturated carbocycles. The van der Waals surface area contributed by atoms with Gasteiger partial charge in [-0.05, 0) is 18.6 Å². The number of halogens is 2. The fourth-order valence-electron chi connectivity index (χ4n) is 0.552. The molecule has 0 aromatic carbocycles. The van der Waals surface area contributed by atoms with E-state index in [1.54, 1.807) is 0 Å². The fraction of sp³-hybridized carbons (Fsp3) is 0.400.